The zero-order chi connectivity index (χ0) is 15.7. The van der Waals surface area contributed by atoms with E-state index in [2.05, 4.69) is 5.32 Å². The highest BCUT2D eigenvalue weighted by atomic mass is 35.5. The molecule has 0 saturated heterocycles. The average molecular weight is 312 g/mol. The molecule has 5 heteroatoms. The first-order valence-corrected chi connectivity index (χ1v) is 7.57. The van der Waals surface area contributed by atoms with Gasteiger partial charge in [0.05, 0.1) is 17.3 Å². The summed E-state index contributed by atoms with van der Waals surface area (Å²) >= 11 is 5.96. The number of carbonyl (C=O) groups is 2. The lowest BCUT2D eigenvalue weighted by Gasteiger charge is -2.08. The Hall–Kier alpha value is -1.55. The van der Waals surface area contributed by atoms with Crippen LogP contribution in [0, 0.1) is 5.92 Å². The first-order valence-electron chi connectivity index (χ1n) is 7.19. The summed E-state index contributed by atoms with van der Waals surface area (Å²) in [5.41, 5.74) is 0.612. The Morgan fingerprint density at radius 3 is 2.52 bits per heavy atom. The number of hydrogen-bond donors (Lipinski definition) is 1. The topological polar surface area (TPSA) is 55.4 Å². The molecule has 0 aliphatic carbocycles. The highest BCUT2D eigenvalue weighted by Crippen LogP contribution is 2.20. The second-order valence-electron chi connectivity index (χ2n) is 5.31. The van der Waals surface area contributed by atoms with Crippen molar-refractivity contribution >= 4 is 29.2 Å². The van der Waals surface area contributed by atoms with Gasteiger partial charge in [0.15, 0.2) is 0 Å². The molecule has 1 rings (SSSR count). The van der Waals surface area contributed by atoms with Crippen molar-refractivity contribution in [3.8, 4) is 0 Å². The van der Waals surface area contributed by atoms with Crippen LogP contribution in [0.25, 0.3) is 0 Å². The number of halogens is 1. The van der Waals surface area contributed by atoms with Crippen molar-refractivity contribution in [2.24, 2.45) is 5.92 Å². The lowest BCUT2D eigenvalue weighted by Crippen LogP contribution is -2.12. The Labute approximate surface area is 130 Å². The number of esters is 1. The van der Waals surface area contributed by atoms with E-state index in [1.807, 2.05) is 19.9 Å². The maximum absolute atomic E-state index is 11.7. The van der Waals surface area contributed by atoms with Gasteiger partial charge in [-0.15, -0.1) is 0 Å². The summed E-state index contributed by atoms with van der Waals surface area (Å²) in [7, 11) is 0. The number of rotatable bonds is 8. The summed E-state index contributed by atoms with van der Waals surface area (Å²) < 4.78 is 5.06. The van der Waals surface area contributed by atoms with Crippen LogP contribution in [0.15, 0.2) is 24.3 Å². The molecule has 1 aromatic carbocycles. The van der Waals surface area contributed by atoms with Crippen LogP contribution in [0.2, 0.25) is 5.02 Å². The number of carbonyl (C=O) groups excluding carboxylic acids is 2. The zero-order valence-electron chi connectivity index (χ0n) is 12.5. The maximum atomic E-state index is 11.7. The van der Waals surface area contributed by atoms with E-state index in [-0.39, 0.29) is 11.9 Å². The summed E-state index contributed by atoms with van der Waals surface area (Å²) in [5.74, 6) is 0.0456. The molecule has 0 spiro atoms. The minimum absolute atomic E-state index is 0.0985. The van der Waals surface area contributed by atoms with Crippen LogP contribution >= 0.6 is 11.6 Å². The number of para-hydroxylation sites is 1. The van der Waals surface area contributed by atoms with Crippen LogP contribution in [-0.2, 0) is 14.3 Å². The summed E-state index contributed by atoms with van der Waals surface area (Å²) in [6, 6.07) is 7.10. The molecule has 0 bridgehead atoms. The Morgan fingerprint density at radius 2 is 1.86 bits per heavy atom. The van der Waals surface area contributed by atoms with E-state index >= 15 is 0 Å². The standard InChI is InChI=1S/C16H22ClNO3/c1-12(2)11-21-16(20)10-6-5-9-15(19)18-14-8-4-3-7-13(14)17/h3-4,7-8,12H,5-6,9-11H2,1-2H3,(H,18,19). The van der Waals surface area contributed by atoms with Gasteiger partial charge in [-0.05, 0) is 30.9 Å². The van der Waals surface area contributed by atoms with Crippen LogP contribution in [0.4, 0.5) is 5.69 Å². The van der Waals surface area contributed by atoms with E-state index in [0.717, 1.165) is 0 Å². The summed E-state index contributed by atoms with van der Waals surface area (Å²) in [4.78, 5) is 23.1. The molecule has 116 valence electrons. The van der Waals surface area contributed by atoms with Gasteiger partial charge < -0.3 is 10.1 Å². The summed E-state index contributed by atoms with van der Waals surface area (Å²) in [6.07, 6.45) is 2.01. The predicted molar refractivity (Wildman–Crippen MR) is 84.3 cm³/mol. The van der Waals surface area contributed by atoms with E-state index in [4.69, 9.17) is 16.3 Å². The molecule has 0 saturated carbocycles. The van der Waals surface area contributed by atoms with E-state index in [1.54, 1.807) is 18.2 Å². The van der Waals surface area contributed by atoms with E-state index in [1.165, 1.54) is 0 Å². The molecule has 1 N–H and O–H groups in total. The molecule has 0 unspecified atom stereocenters. The van der Waals surface area contributed by atoms with Gasteiger partial charge in [-0.1, -0.05) is 37.6 Å². The zero-order valence-corrected chi connectivity index (χ0v) is 13.3. The lowest BCUT2D eigenvalue weighted by atomic mass is 10.2. The number of ether oxygens (including phenoxy) is 1. The van der Waals surface area contributed by atoms with Gasteiger partial charge in [-0.2, -0.15) is 0 Å². The smallest absolute Gasteiger partial charge is 0.305 e. The predicted octanol–water partition coefficient (Wildman–Crippen LogP) is 4.04. The number of hydrogen-bond acceptors (Lipinski definition) is 3. The monoisotopic (exact) mass is 311 g/mol. The van der Waals surface area contributed by atoms with Crippen LogP contribution < -0.4 is 5.32 Å². The van der Waals surface area contributed by atoms with Crippen molar-refractivity contribution in [2.75, 3.05) is 11.9 Å². The second kappa shape index (κ2) is 9.40. The Morgan fingerprint density at radius 1 is 1.19 bits per heavy atom. The fourth-order valence-corrected chi connectivity index (χ4v) is 1.84. The molecule has 0 fully saturated rings. The highest BCUT2D eigenvalue weighted by molar-refractivity contribution is 6.33. The van der Waals surface area contributed by atoms with E-state index < -0.39 is 0 Å². The number of unbranched alkanes of at least 4 members (excludes halogenated alkanes) is 1. The molecular weight excluding hydrogens is 290 g/mol. The largest absolute Gasteiger partial charge is 0.465 e. The number of anilines is 1. The number of nitrogens with one attached hydrogen (secondary N) is 1. The third-order valence-corrected chi connectivity index (χ3v) is 3.09. The van der Waals surface area contributed by atoms with Crippen LogP contribution in [0.5, 0.6) is 0 Å². The first kappa shape index (κ1) is 17.5. The van der Waals surface area contributed by atoms with Gasteiger partial charge in [-0.25, -0.2) is 0 Å². The van der Waals surface area contributed by atoms with Gasteiger partial charge in [0.2, 0.25) is 5.91 Å². The molecule has 0 aromatic heterocycles. The third kappa shape index (κ3) is 7.71. The number of benzene rings is 1. The van der Waals surface area contributed by atoms with Gasteiger partial charge in [-0.3, -0.25) is 9.59 Å². The molecule has 1 amide bonds. The first-order chi connectivity index (χ1) is 9.99. The van der Waals surface area contributed by atoms with Crippen molar-refractivity contribution in [2.45, 2.75) is 39.5 Å². The van der Waals surface area contributed by atoms with Crippen molar-refractivity contribution in [1.82, 2.24) is 0 Å². The Balaban J connectivity index is 2.17. The van der Waals surface area contributed by atoms with Crippen LogP contribution in [0.1, 0.15) is 39.5 Å². The molecule has 0 radical (unpaired) electrons. The maximum Gasteiger partial charge on any atom is 0.305 e. The molecule has 0 aliphatic rings. The van der Waals surface area contributed by atoms with Gasteiger partial charge in [0.25, 0.3) is 0 Å². The second-order valence-corrected chi connectivity index (χ2v) is 5.72. The molecule has 0 heterocycles. The number of amides is 1. The molecule has 0 atom stereocenters. The molecular formula is C16H22ClNO3. The van der Waals surface area contributed by atoms with Gasteiger partial charge in [0, 0.05) is 12.8 Å². The van der Waals surface area contributed by atoms with Crippen LogP contribution in [-0.4, -0.2) is 18.5 Å². The summed E-state index contributed by atoms with van der Waals surface area (Å²) in [6.45, 7) is 4.44. The highest BCUT2D eigenvalue weighted by Gasteiger charge is 2.07. The van der Waals surface area contributed by atoms with Gasteiger partial charge >= 0.3 is 5.97 Å². The van der Waals surface area contributed by atoms with Gasteiger partial charge in [0.1, 0.15) is 0 Å². The van der Waals surface area contributed by atoms with Crippen molar-refractivity contribution in [3.05, 3.63) is 29.3 Å². The van der Waals surface area contributed by atoms with Crippen molar-refractivity contribution in [1.29, 1.82) is 0 Å². The third-order valence-electron chi connectivity index (χ3n) is 2.76. The Kier molecular flexibility index (Phi) is 7.83. The summed E-state index contributed by atoms with van der Waals surface area (Å²) in [5, 5.41) is 3.27. The molecule has 0 aliphatic heterocycles. The molecule has 1 aromatic rings. The van der Waals surface area contributed by atoms with Crippen molar-refractivity contribution in [3.63, 3.8) is 0 Å². The quantitative estimate of drug-likeness (QED) is 0.582. The average Bonchev–Trinajstić information content (AvgIpc) is 2.44. The van der Waals surface area contributed by atoms with E-state index in [9.17, 15) is 9.59 Å². The van der Waals surface area contributed by atoms with Crippen LogP contribution in [0.3, 0.4) is 0 Å². The van der Waals surface area contributed by atoms with Crippen molar-refractivity contribution < 1.29 is 14.3 Å². The minimum Gasteiger partial charge on any atom is -0.465 e. The molecule has 21 heavy (non-hydrogen) atoms. The fraction of sp³-hybridized carbons (Fsp3) is 0.500. The fourth-order valence-electron chi connectivity index (χ4n) is 1.66. The Bertz CT molecular complexity index is 474. The molecule has 4 nitrogen and oxygen atoms in total. The normalized spacial score (nSPS) is 10.5. The van der Waals surface area contributed by atoms with E-state index in [0.29, 0.717) is 48.9 Å². The lowest BCUT2D eigenvalue weighted by molar-refractivity contribution is -0.144. The minimum atomic E-state index is -0.199. The SMILES string of the molecule is CC(C)COC(=O)CCCCC(=O)Nc1ccccc1Cl.